The van der Waals surface area contributed by atoms with Crippen molar-refractivity contribution in [1.82, 2.24) is 4.98 Å². The molecule has 0 bridgehead atoms. The standard InChI is InChI=1S/C11H9F3N2S/c1-5-16-8(4-17-5)11(15)6-2-3-7(12)10(14)9(6)13/h2-4,11H,15H2,1H3. The second kappa shape index (κ2) is 4.46. The molecule has 1 unspecified atom stereocenters. The van der Waals surface area contributed by atoms with Crippen molar-refractivity contribution in [3.63, 3.8) is 0 Å². The molecule has 6 heteroatoms. The first kappa shape index (κ1) is 12.1. The van der Waals surface area contributed by atoms with Crippen molar-refractivity contribution in [3.05, 3.63) is 51.2 Å². The molecule has 0 radical (unpaired) electrons. The molecule has 0 saturated heterocycles. The zero-order valence-corrected chi connectivity index (χ0v) is 9.69. The minimum absolute atomic E-state index is 0.103. The maximum absolute atomic E-state index is 13.5. The van der Waals surface area contributed by atoms with Crippen LogP contribution in [0.1, 0.15) is 22.3 Å². The van der Waals surface area contributed by atoms with Gasteiger partial charge in [-0.2, -0.15) is 0 Å². The molecule has 1 aromatic heterocycles. The Labute approximate surface area is 99.9 Å². The zero-order valence-electron chi connectivity index (χ0n) is 8.88. The number of hydrogen-bond acceptors (Lipinski definition) is 3. The van der Waals surface area contributed by atoms with Gasteiger partial charge in [0.05, 0.1) is 16.7 Å². The first-order valence-electron chi connectivity index (χ1n) is 4.81. The summed E-state index contributed by atoms with van der Waals surface area (Å²) in [6.45, 7) is 1.78. The van der Waals surface area contributed by atoms with Crippen LogP contribution in [0.2, 0.25) is 0 Å². The van der Waals surface area contributed by atoms with Crippen molar-refractivity contribution in [2.75, 3.05) is 0 Å². The number of rotatable bonds is 2. The molecule has 2 N–H and O–H groups in total. The van der Waals surface area contributed by atoms with Gasteiger partial charge in [0.25, 0.3) is 0 Å². The van der Waals surface area contributed by atoms with Crippen LogP contribution < -0.4 is 5.73 Å². The van der Waals surface area contributed by atoms with Crippen molar-refractivity contribution in [2.24, 2.45) is 5.73 Å². The number of aromatic nitrogens is 1. The van der Waals surface area contributed by atoms with Gasteiger partial charge < -0.3 is 5.73 Å². The highest BCUT2D eigenvalue weighted by molar-refractivity contribution is 7.09. The molecule has 17 heavy (non-hydrogen) atoms. The van der Waals surface area contributed by atoms with E-state index in [0.29, 0.717) is 5.69 Å². The summed E-state index contributed by atoms with van der Waals surface area (Å²) in [5.41, 5.74) is 6.10. The highest BCUT2D eigenvalue weighted by Crippen LogP contribution is 2.25. The predicted octanol–water partition coefficient (Wildman–Crippen LogP) is 2.92. The van der Waals surface area contributed by atoms with E-state index in [-0.39, 0.29) is 5.56 Å². The van der Waals surface area contributed by atoms with Crippen molar-refractivity contribution >= 4 is 11.3 Å². The average Bonchev–Trinajstić information content (AvgIpc) is 2.72. The van der Waals surface area contributed by atoms with Gasteiger partial charge in [0, 0.05) is 10.9 Å². The van der Waals surface area contributed by atoms with Crippen molar-refractivity contribution < 1.29 is 13.2 Å². The molecule has 1 atom stereocenters. The van der Waals surface area contributed by atoms with Crippen LogP contribution in [-0.2, 0) is 0 Å². The summed E-state index contributed by atoms with van der Waals surface area (Å²) in [6.07, 6.45) is 0. The van der Waals surface area contributed by atoms with Gasteiger partial charge in [-0.15, -0.1) is 11.3 Å². The first-order chi connectivity index (χ1) is 8.00. The van der Waals surface area contributed by atoms with Gasteiger partial charge in [-0.05, 0) is 13.0 Å². The van der Waals surface area contributed by atoms with Crippen molar-refractivity contribution in [3.8, 4) is 0 Å². The fourth-order valence-corrected chi connectivity index (χ4v) is 2.11. The average molecular weight is 258 g/mol. The molecule has 0 aliphatic heterocycles. The number of nitrogens with two attached hydrogens (primary N) is 1. The van der Waals surface area contributed by atoms with E-state index in [9.17, 15) is 13.2 Å². The predicted molar refractivity (Wildman–Crippen MR) is 59.2 cm³/mol. The molecule has 0 spiro atoms. The molecule has 0 fully saturated rings. The lowest BCUT2D eigenvalue weighted by Gasteiger charge is -2.11. The molecular weight excluding hydrogens is 249 g/mol. The number of benzene rings is 1. The normalized spacial score (nSPS) is 12.8. The van der Waals surface area contributed by atoms with Gasteiger partial charge in [0.2, 0.25) is 0 Å². The summed E-state index contributed by atoms with van der Waals surface area (Å²) in [5.74, 6) is -4.00. The summed E-state index contributed by atoms with van der Waals surface area (Å²) >= 11 is 1.36. The van der Waals surface area contributed by atoms with Crippen LogP contribution in [0.4, 0.5) is 13.2 Å². The van der Waals surface area contributed by atoms with Crippen LogP contribution in [0.15, 0.2) is 17.5 Å². The van der Waals surface area contributed by atoms with Gasteiger partial charge in [0.15, 0.2) is 17.5 Å². The van der Waals surface area contributed by atoms with Crippen molar-refractivity contribution in [1.29, 1.82) is 0 Å². The van der Waals surface area contributed by atoms with E-state index in [1.807, 2.05) is 0 Å². The minimum Gasteiger partial charge on any atom is -0.319 e. The Balaban J connectivity index is 2.44. The van der Waals surface area contributed by atoms with Crippen LogP contribution in [-0.4, -0.2) is 4.98 Å². The number of nitrogens with zero attached hydrogens (tertiary/aromatic N) is 1. The van der Waals surface area contributed by atoms with E-state index in [4.69, 9.17) is 5.73 Å². The van der Waals surface area contributed by atoms with E-state index in [2.05, 4.69) is 4.98 Å². The Morgan fingerprint density at radius 3 is 2.53 bits per heavy atom. The van der Waals surface area contributed by atoms with Gasteiger partial charge in [-0.25, -0.2) is 18.2 Å². The number of aryl methyl sites for hydroxylation is 1. The van der Waals surface area contributed by atoms with Gasteiger partial charge in [-0.1, -0.05) is 6.07 Å². The van der Waals surface area contributed by atoms with Crippen LogP contribution in [0.25, 0.3) is 0 Å². The molecule has 0 aliphatic rings. The number of hydrogen-bond donors (Lipinski definition) is 1. The van der Waals surface area contributed by atoms with E-state index < -0.39 is 23.5 Å². The maximum atomic E-state index is 13.5. The molecule has 1 aromatic carbocycles. The Kier molecular flexibility index (Phi) is 3.17. The Morgan fingerprint density at radius 2 is 1.94 bits per heavy atom. The molecular formula is C11H9F3N2S. The third-order valence-corrected chi connectivity index (χ3v) is 3.15. The summed E-state index contributed by atoms with van der Waals surface area (Å²) < 4.78 is 39.3. The zero-order chi connectivity index (χ0) is 12.6. The minimum atomic E-state index is -1.51. The number of halogens is 3. The SMILES string of the molecule is Cc1nc(C(N)c2ccc(F)c(F)c2F)cs1. The Bertz CT molecular complexity index is 554. The van der Waals surface area contributed by atoms with Crippen LogP contribution in [0.5, 0.6) is 0 Å². The molecule has 0 amide bonds. The lowest BCUT2D eigenvalue weighted by Crippen LogP contribution is -2.15. The molecule has 2 nitrogen and oxygen atoms in total. The maximum Gasteiger partial charge on any atom is 0.194 e. The Hall–Kier alpha value is -1.40. The lowest BCUT2D eigenvalue weighted by molar-refractivity contribution is 0.438. The fourth-order valence-electron chi connectivity index (χ4n) is 1.46. The smallest absolute Gasteiger partial charge is 0.194 e. The quantitative estimate of drug-likeness (QED) is 0.841. The van der Waals surface area contributed by atoms with E-state index in [1.54, 1.807) is 12.3 Å². The van der Waals surface area contributed by atoms with Crippen LogP contribution in [0, 0.1) is 24.4 Å². The third-order valence-electron chi connectivity index (χ3n) is 2.36. The highest BCUT2D eigenvalue weighted by Gasteiger charge is 2.20. The highest BCUT2D eigenvalue weighted by atomic mass is 32.1. The summed E-state index contributed by atoms with van der Waals surface area (Å²) in [5, 5.41) is 2.44. The summed E-state index contributed by atoms with van der Waals surface area (Å²) in [7, 11) is 0. The van der Waals surface area contributed by atoms with Gasteiger partial charge in [0.1, 0.15) is 0 Å². The van der Waals surface area contributed by atoms with Gasteiger partial charge in [-0.3, -0.25) is 0 Å². The molecule has 2 aromatic rings. The summed E-state index contributed by atoms with van der Waals surface area (Å²) in [6, 6.07) is 1.09. The van der Waals surface area contributed by atoms with Crippen molar-refractivity contribution in [2.45, 2.75) is 13.0 Å². The first-order valence-corrected chi connectivity index (χ1v) is 5.69. The topological polar surface area (TPSA) is 38.9 Å². The monoisotopic (exact) mass is 258 g/mol. The molecule has 2 rings (SSSR count). The molecule has 1 heterocycles. The van der Waals surface area contributed by atoms with Crippen LogP contribution >= 0.6 is 11.3 Å². The number of thiazole rings is 1. The van der Waals surface area contributed by atoms with Gasteiger partial charge >= 0.3 is 0 Å². The fraction of sp³-hybridized carbons (Fsp3) is 0.182. The Morgan fingerprint density at radius 1 is 1.24 bits per heavy atom. The summed E-state index contributed by atoms with van der Waals surface area (Å²) in [4.78, 5) is 4.09. The molecule has 0 saturated carbocycles. The molecule has 0 aliphatic carbocycles. The third kappa shape index (κ3) is 2.18. The second-order valence-electron chi connectivity index (χ2n) is 3.53. The largest absolute Gasteiger partial charge is 0.319 e. The second-order valence-corrected chi connectivity index (χ2v) is 4.60. The van der Waals surface area contributed by atoms with Crippen LogP contribution in [0.3, 0.4) is 0 Å². The van der Waals surface area contributed by atoms with E-state index in [1.165, 1.54) is 11.3 Å². The van der Waals surface area contributed by atoms with E-state index >= 15 is 0 Å². The lowest BCUT2D eigenvalue weighted by atomic mass is 10.0. The molecule has 90 valence electrons. The van der Waals surface area contributed by atoms with E-state index in [0.717, 1.165) is 17.1 Å².